The minimum Gasteiger partial charge on any atom is -0.435 e. The summed E-state index contributed by atoms with van der Waals surface area (Å²) in [6.45, 7) is 4.46. The van der Waals surface area contributed by atoms with Crippen LogP contribution in [0.1, 0.15) is 30.1 Å². The second kappa shape index (κ2) is 11.8. The summed E-state index contributed by atoms with van der Waals surface area (Å²) in [4.78, 5) is 24.0. The van der Waals surface area contributed by atoms with Gasteiger partial charge in [0.15, 0.2) is 17.5 Å². The van der Waals surface area contributed by atoms with Gasteiger partial charge in [-0.3, -0.25) is 14.5 Å². The number of anilines is 2. The Labute approximate surface area is 258 Å². The van der Waals surface area contributed by atoms with Crippen molar-refractivity contribution >= 4 is 22.7 Å². The standard InChI is InChI=1S/C33H29FN10O/c1-20-39-32(36)31(45-20)33-41-27-8-4-22(26-9-5-23(34)18-38-26)16-28(27)44(33)25-6-2-21(3-7-25)19-43-14-11-24(12-15-43)40-29-10-13-37-30(17-35)42-29/h2-10,13,16,18,24H,11-12,14-15,19,36H2,1H3,(H,37,40,42). The molecule has 0 amide bonds. The summed E-state index contributed by atoms with van der Waals surface area (Å²) in [7, 11) is 0. The molecule has 0 atom stereocenters. The van der Waals surface area contributed by atoms with Crippen LogP contribution in [0.2, 0.25) is 0 Å². The highest BCUT2D eigenvalue weighted by molar-refractivity contribution is 5.87. The quantitative estimate of drug-likeness (QED) is 0.240. The number of hydrogen-bond donors (Lipinski definition) is 2. The van der Waals surface area contributed by atoms with E-state index < -0.39 is 0 Å². The lowest BCUT2D eigenvalue weighted by molar-refractivity contribution is 0.211. The number of nitrogen functional groups attached to an aromatic ring is 1. The number of hydrogen-bond acceptors (Lipinski definition) is 10. The second-order valence-electron chi connectivity index (χ2n) is 11.0. The first kappa shape index (κ1) is 28.1. The number of benzene rings is 2. The average molecular weight is 601 g/mol. The molecule has 0 saturated carbocycles. The molecule has 224 valence electrons. The zero-order valence-corrected chi connectivity index (χ0v) is 24.5. The molecule has 1 fully saturated rings. The van der Waals surface area contributed by atoms with E-state index in [1.165, 1.54) is 17.8 Å². The minimum absolute atomic E-state index is 0.168. The Bertz CT molecular complexity index is 2020. The monoisotopic (exact) mass is 600 g/mol. The highest BCUT2D eigenvalue weighted by Gasteiger charge is 2.23. The number of aromatic nitrogens is 6. The normalized spacial score (nSPS) is 14.1. The van der Waals surface area contributed by atoms with Crippen molar-refractivity contribution in [3.63, 3.8) is 0 Å². The fraction of sp³-hybridized carbons (Fsp3) is 0.212. The summed E-state index contributed by atoms with van der Waals surface area (Å²) in [6.07, 6.45) is 4.75. The van der Waals surface area contributed by atoms with Crippen molar-refractivity contribution in [1.29, 1.82) is 5.26 Å². The van der Waals surface area contributed by atoms with E-state index in [-0.39, 0.29) is 17.5 Å². The fourth-order valence-corrected chi connectivity index (χ4v) is 5.74. The van der Waals surface area contributed by atoms with Gasteiger partial charge in [0.1, 0.15) is 17.7 Å². The Morgan fingerprint density at radius 3 is 2.56 bits per heavy atom. The maximum absolute atomic E-state index is 13.5. The lowest BCUT2D eigenvalue weighted by Gasteiger charge is -2.32. The number of likely N-dealkylation sites (tertiary alicyclic amines) is 1. The van der Waals surface area contributed by atoms with Crippen LogP contribution in [0.15, 0.2) is 77.5 Å². The van der Waals surface area contributed by atoms with E-state index in [0.717, 1.165) is 54.8 Å². The largest absolute Gasteiger partial charge is 0.435 e. The van der Waals surface area contributed by atoms with Crippen molar-refractivity contribution in [3.05, 3.63) is 96.2 Å². The summed E-state index contributed by atoms with van der Waals surface area (Å²) in [5.41, 5.74) is 11.4. The van der Waals surface area contributed by atoms with Gasteiger partial charge in [0.2, 0.25) is 11.6 Å². The van der Waals surface area contributed by atoms with E-state index in [2.05, 4.69) is 54.4 Å². The van der Waals surface area contributed by atoms with Crippen LogP contribution < -0.4 is 11.1 Å². The van der Waals surface area contributed by atoms with Gasteiger partial charge in [-0.2, -0.15) is 10.2 Å². The van der Waals surface area contributed by atoms with Crippen molar-refractivity contribution in [2.45, 2.75) is 32.4 Å². The molecule has 1 aliphatic heterocycles. The molecule has 0 aliphatic carbocycles. The molecule has 0 unspecified atom stereocenters. The van der Waals surface area contributed by atoms with Gasteiger partial charge in [-0.1, -0.05) is 18.2 Å². The smallest absolute Gasteiger partial charge is 0.234 e. The predicted octanol–water partition coefficient (Wildman–Crippen LogP) is 5.51. The van der Waals surface area contributed by atoms with Gasteiger partial charge in [-0.15, -0.1) is 0 Å². The van der Waals surface area contributed by atoms with Gasteiger partial charge in [0.05, 0.1) is 22.9 Å². The molecule has 4 aromatic heterocycles. The molecule has 3 N–H and O–H groups in total. The van der Waals surface area contributed by atoms with Crippen molar-refractivity contribution in [2.75, 3.05) is 24.1 Å². The maximum Gasteiger partial charge on any atom is 0.234 e. The predicted molar refractivity (Wildman–Crippen MR) is 168 cm³/mol. The molecule has 6 aromatic rings. The molecule has 1 saturated heterocycles. The number of rotatable bonds is 7. The number of imidazole rings is 1. The zero-order valence-electron chi connectivity index (χ0n) is 24.5. The van der Waals surface area contributed by atoms with Gasteiger partial charge in [0, 0.05) is 50.0 Å². The number of nitrogens with zero attached hydrogens (tertiary/aromatic N) is 8. The first-order valence-electron chi connectivity index (χ1n) is 14.6. The number of aryl methyl sites for hydroxylation is 1. The van der Waals surface area contributed by atoms with E-state index in [1.54, 1.807) is 25.3 Å². The van der Waals surface area contributed by atoms with Gasteiger partial charge in [-0.05, 0) is 60.9 Å². The number of halogens is 1. The maximum atomic E-state index is 13.5. The number of nitrogens with two attached hydrogens (primary N) is 1. The van der Waals surface area contributed by atoms with Crippen LogP contribution in [0.25, 0.3) is 39.6 Å². The highest BCUT2D eigenvalue weighted by atomic mass is 19.1. The topological polar surface area (TPSA) is 148 Å². The third kappa shape index (κ3) is 5.81. The van der Waals surface area contributed by atoms with Gasteiger partial charge < -0.3 is 15.5 Å². The van der Waals surface area contributed by atoms with Crippen molar-refractivity contribution in [2.24, 2.45) is 0 Å². The van der Waals surface area contributed by atoms with E-state index in [9.17, 15) is 4.39 Å². The number of fused-ring (bicyclic) bond motifs is 1. The number of oxazole rings is 1. The van der Waals surface area contributed by atoms with Crippen LogP contribution in [-0.2, 0) is 6.54 Å². The van der Waals surface area contributed by atoms with Crippen LogP contribution >= 0.6 is 0 Å². The summed E-state index contributed by atoms with van der Waals surface area (Å²) in [5, 5.41) is 12.5. The number of nitrogens with one attached hydrogen (secondary N) is 1. The molecule has 45 heavy (non-hydrogen) atoms. The molecular formula is C33H29FN10O. The van der Waals surface area contributed by atoms with Crippen molar-refractivity contribution in [3.8, 4) is 34.6 Å². The highest BCUT2D eigenvalue weighted by Crippen LogP contribution is 2.34. The van der Waals surface area contributed by atoms with Crippen LogP contribution in [0.4, 0.5) is 16.0 Å². The minimum atomic E-state index is -0.387. The number of nitriles is 1. The zero-order chi connectivity index (χ0) is 30.9. The molecule has 0 spiro atoms. The lowest BCUT2D eigenvalue weighted by Crippen LogP contribution is -2.38. The van der Waals surface area contributed by atoms with Gasteiger partial charge >= 0.3 is 0 Å². The van der Waals surface area contributed by atoms with E-state index in [1.807, 2.05) is 28.8 Å². The van der Waals surface area contributed by atoms with E-state index >= 15 is 0 Å². The SMILES string of the molecule is Cc1nc(N)c(-c2nc3ccc(-c4ccc(F)cn4)cc3n2-c2ccc(CN3CCC(Nc4ccnc(C#N)n4)CC3)cc2)o1. The molecule has 7 rings (SSSR count). The summed E-state index contributed by atoms with van der Waals surface area (Å²) < 4.78 is 21.4. The Morgan fingerprint density at radius 2 is 1.84 bits per heavy atom. The molecular weight excluding hydrogens is 571 g/mol. The first-order chi connectivity index (χ1) is 21.9. The molecule has 1 aliphatic rings. The fourth-order valence-electron chi connectivity index (χ4n) is 5.74. The lowest BCUT2D eigenvalue weighted by atomic mass is 10.0. The van der Waals surface area contributed by atoms with E-state index in [4.69, 9.17) is 20.4 Å². The molecule has 0 bridgehead atoms. The van der Waals surface area contributed by atoms with Gasteiger partial charge in [0.25, 0.3) is 0 Å². The molecule has 11 nitrogen and oxygen atoms in total. The van der Waals surface area contributed by atoms with E-state index in [0.29, 0.717) is 35.0 Å². The average Bonchev–Trinajstić information content (AvgIpc) is 3.60. The third-order valence-corrected chi connectivity index (χ3v) is 7.94. The second-order valence-corrected chi connectivity index (χ2v) is 11.0. The Balaban J connectivity index is 1.13. The third-order valence-electron chi connectivity index (χ3n) is 7.94. The summed E-state index contributed by atoms with van der Waals surface area (Å²) >= 11 is 0. The molecule has 12 heteroatoms. The molecule has 2 aromatic carbocycles. The van der Waals surface area contributed by atoms with Crippen molar-refractivity contribution < 1.29 is 8.81 Å². The Hall–Kier alpha value is -5.67. The summed E-state index contributed by atoms with van der Waals surface area (Å²) in [6, 6.07) is 21.3. The Kier molecular flexibility index (Phi) is 7.36. The molecule has 5 heterocycles. The summed E-state index contributed by atoms with van der Waals surface area (Å²) in [5.74, 6) is 2.13. The van der Waals surface area contributed by atoms with Crippen LogP contribution in [-0.4, -0.2) is 53.5 Å². The molecule has 0 radical (unpaired) electrons. The number of piperidine rings is 1. The van der Waals surface area contributed by atoms with Crippen LogP contribution in [0.5, 0.6) is 0 Å². The van der Waals surface area contributed by atoms with Crippen LogP contribution in [0, 0.1) is 24.1 Å². The van der Waals surface area contributed by atoms with Crippen molar-refractivity contribution in [1.82, 2.24) is 34.4 Å². The van der Waals surface area contributed by atoms with Crippen LogP contribution in [0.3, 0.4) is 0 Å². The van der Waals surface area contributed by atoms with Gasteiger partial charge in [-0.25, -0.2) is 19.3 Å². The first-order valence-corrected chi connectivity index (χ1v) is 14.6. The Morgan fingerprint density at radius 1 is 1.02 bits per heavy atom. The number of pyridine rings is 1.